The van der Waals surface area contributed by atoms with E-state index in [0.717, 1.165) is 30.2 Å². The summed E-state index contributed by atoms with van der Waals surface area (Å²) < 4.78 is 0. The molecule has 0 N–H and O–H groups in total. The first-order valence-electron chi connectivity index (χ1n) is 10.2. The molecule has 1 aliphatic rings. The van der Waals surface area contributed by atoms with Gasteiger partial charge in [0.2, 0.25) is 5.82 Å². The third-order valence-corrected chi connectivity index (χ3v) is 5.49. The predicted octanol–water partition coefficient (Wildman–Crippen LogP) is 5.90. The lowest BCUT2D eigenvalue weighted by atomic mass is 9.77. The van der Waals surface area contributed by atoms with Crippen LogP contribution in [0.5, 0.6) is 0 Å². The van der Waals surface area contributed by atoms with Crippen molar-refractivity contribution in [3.63, 3.8) is 0 Å². The molecule has 2 aromatic rings. The van der Waals surface area contributed by atoms with Gasteiger partial charge in [0.25, 0.3) is 0 Å². The SMILES string of the molecule is CCCc1cnc(C#Cc2ccc(C3CCC(CCC)CC3)cc2)nc1. The van der Waals surface area contributed by atoms with Gasteiger partial charge in [0, 0.05) is 18.0 Å². The summed E-state index contributed by atoms with van der Waals surface area (Å²) in [6, 6.07) is 8.82. The van der Waals surface area contributed by atoms with Gasteiger partial charge in [0.1, 0.15) is 0 Å². The van der Waals surface area contributed by atoms with Crippen molar-refractivity contribution >= 4 is 0 Å². The molecule has 2 nitrogen and oxygen atoms in total. The van der Waals surface area contributed by atoms with Crippen LogP contribution in [-0.2, 0) is 6.42 Å². The van der Waals surface area contributed by atoms with E-state index < -0.39 is 0 Å². The Bertz CT molecular complexity index is 727. The lowest BCUT2D eigenvalue weighted by molar-refractivity contribution is 0.308. The smallest absolute Gasteiger partial charge is 0.205 e. The Morgan fingerprint density at radius 2 is 1.58 bits per heavy atom. The second kappa shape index (κ2) is 9.53. The summed E-state index contributed by atoms with van der Waals surface area (Å²) in [4.78, 5) is 8.68. The van der Waals surface area contributed by atoms with Gasteiger partial charge < -0.3 is 0 Å². The zero-order valence-electron chi connectivity index (χ0n) is 16.2. The highest BCUT2D eigenvalue weighted by Gasteiger charge is 2.21. The van der Waals surface area contributed by atoms with Gasteiger partial charge in [0.05, 0.1) is 0 Å². The van der Waals surface area contributed by atoms with E-state index in [1.54, 1.807) is 0 Å². The lowest BCUT2D eigenvalue weighted by Gasteiger charge is -2.28. The number of hydrogen-bond acceptors (Lipinski definition) is 2. The molecular weight excluding hydrogens is 316 g/mol. The van der Waals surface area contributed by atoms with E-state index in [1.807, 2.05) is 12.4 Å². The zero-order chi connectivity index (χ0) is 18.2. The average Bonchev–Trinajstić information content (AvgIpc) is 2.69. The van der Waals surface area contributed by atoms with E-state index in [0.29, 0.717) is 5.82 Å². The second-order valence-electron chi connectivity index (χ2n) is 7.54. The van der Waals surface area contributed by atoms with Crippen LogP contribution in [0.4, 0.5) is 0 Å². The maximum Gasteiger partial charge on any atom is 0.205 e. The number of nitrogens with zero attached hydrogens (tertiary/aromatic N) is 2. The molecule has 2 heteroatoms. The Morgan fingerprint density at radius 3 is 2.19 bits per heavy atom. The Morgan fingerprint density at radius 1 is 0.885 bits per heavy atom. The van der Waals surface area contributed by atoms with Crippen molar-refractivity contribution in [2.75, 3.05) is 0 Å². The molecule has 1 aromatic heterocycles. The van der Waals surface area contributed by atoms with Crippen molar-refractivity contribution in [1.29, 1.82) is 0 Å². The Labute approximate surface area is 158 Å². The summed E-state index contributed by atoms with van der Waals surface area (Å²) in [5, 5.41) is 0. The van der Waals surface area contributed by atoms with Crippen LogP contribution < -0.4 is 0 Å². The molecule has 1 heterocycles. The molecule has 1 fully saturated rings. The minimum absolute atomic E-state index is 0.600. The van der Waals surface area contributed by atoms with E-state index in [-0.39, 0.29) is 0 Å². The van der Waals surface area contributed by atoms with Crippen molar-refractivity contribution in [1.82, 2.24) is 9.97 Å². The minimum atomic E-state index is 0.600. The highest BCUT2D eigenvalue weighted by molar-refractivity contribution is 5.40. The quantitative estimate of drug-likeness (QED) is 0.630. The molecule has 0 unspecified atom stereocenters. The minimum Gasteiger partial charge on any atom is -0.229 e. The first-order valence-corrected chi connectivity index (χ1v) is 10.2. The van der Waals surface area contributed by atoms with Crippen molar-refractivity contribution in [2.45, 2.75) is 71.1 Å². The van der Waals surface area contributed by atoms with Crippen LogP contribution >= 0.6 is 0 Å². The monoisotopic (exact) mass is 346 g/mol. The molecule has 0 amide bonds. The van der Waals surface area contributed by atoms with Crippen molar-refractivity contribution in [3.8, 4) is 11.8 Å². The molecule has 0 radical (unpaired) electrons. The average molecular weight is 347 g/mol. The van der Waals surface area contributed by atoms with Gasteiger partial charge in [-0.1, -0.05) is 51.2 Å². The molecule has 0 aliphatic heterocycles. The molecular formula is C24H30N2. The molecule has 1 saturated carbocycles. The van der Waals surface area contributed by atoms with Gasteiger partial charge in [-0.3, -0.25) is 0 Å². The van der Waals surface area contributed by atoms with Gasteiger partial charge in [0.15, 0.2) is 0 Å². The van der Waals surface area contributed by atoms with Crippen molar-refractivity contribution < 1.29 is 0 Å². The molecule has 0 spiro atoms. The highest BCUT2D eigenvalue weighted by atomic mass is 14.8. The zero-order valence-corrected chi connectivity index (χ0v) is 16.2. The fourth-order valence-corrected chi connectivity index (χ4v) is 4.00. The molecule has 0 bridgehead atoms. The summed E-state index contributed by atoms with van der Waals surface area (Å²) in [6.45, 7) is 4.46. The third kappa shape index (κ3) is 5.18. The summed E-state index contributed by atoms with van der Waals surface area (Å²) in [7, 11) is 0. The van der Waals surface area contributed by atoms with Crippen LogP contribution in [0.25, 0.3) is 0 Å². The van der Waals surface area contributed by atoms with E-state index in [9.17, 15) is 0 Å². The first-order chi connectivity index (χ1) is 12.8. The van der Waals surface area contributed by atoms with Crippen LogP contribution in [0.2, 0.25) is 0 Å². The molecule has 0 saturated heterocycles. The molecule has 136 valence electrons. The van der Waals surface area contributed by atoms with Crippen LogP contribution in [0.15, 0.2) is 36.7 Å². The molecule has 1 aromatic carbocycles. The molecule has 1 aliphatic carbocycles. The first kappa shape index (κ1) is 18.6. The fourth-order valence-electron chi connectivity index (χ4n) is 4.00. The van der Waals surface area contributed by atoms with Gasteiger partial charge in [-0.15, -0.1) is 0 Å². The summed E-state index contributed by atoms with van der Waals surface area (Å²) >= 11 is 0. The Hall–Kier alpha value is -2.14. The van der Waals surface area contributed by atoms with E-state index in [1.165, 1.54) is 49.7 Å². The van der Waals surface area contributed by atoms with Crippen LogP contribution in [0.1, 0.15) is 87.2 Å². The van der Waals surface area contributed by atoms with Gasteiger partial charge >= 0.3 is 0 Å². The number of aryl methyl sites for hydroxylation is 1. The maximum atomic E-state index is 4.34. The molecule has 3 rings (SSSR count). The molecule has 0 atom stereocenters. The number of rotatable bonds is 5. The van der Waals surface area contributed by atoms with Crippen LogP contribution in [0, 0.1) is 17.8 Å². The van der Waals surface area contributed by atoms with Crippen molar-refractivity contribution in [3.05, 3.63) is 59.2 Å². The van der Waals surface area contributed by atoms with Gasteiger partial charge in [-0.05, 0) is 73.1 Å². The Balaban J connectivity index is 1.58. The fraction of sp³-hybridized carbons (Fsp3) is 0.500. The van der Waals surface area contributed by atoms with Crippen LogP contribution in [-0.4, -0.2) is 9.97 Å². The van der Waals surface area contributed by atoms with E-state index >= 15 is 0 Å². The van der Waals surface area contributed by atoms with Crippen LogP contribution in [0.3, 0.4) is 0 Å². The summed E-state index contributed by atoms with van der Waals surface area (Å²) in [6.07, 6.45) is 14.1. The maximum absolute atomic E-state index is 4.34. The summed E-state index contributed by atoms with van der Waals surface area (Å²) in [5.41, 5.74) is 3.69. The lowest BCUT2D eigenvalue weighted by Crippen LogP contribution is -2.13. The standard InChI is InChI=1S/C24H30N2/c1-3-5-19-7-12-22(13-8-19)23-14-9-20(10-15-23)11-16-24-25-17-21(6-4-2)18-26-24/h9-10,14-15,17-19,22H,3-8,12-13H2,1-2H3. The predicted molar refractivity (Wildman–Crippen MR) is 108 cm³/mol. The number of hydrogen-bond donors (Lipinski definition) is 0. The topological polar surface area (TPSA) is 25.8 Å². The third-order valence-electron chi connectivity index (χ3n) is 5.49. The van der Waals surface area contributed by atoms with E-state index in [4.69, 9.17) is 0 Å². The number of aromatic nitrogens is 2. The normalized spacial score (nSPS) is 19.6. The Kier molecular flexibility index (Phi) is 6.83. The second-order valence-corrected chi connectivity index (χ2v) is 7.54. The van der Waals surface area contributed by atoms with Gasteiger partial charge in [-0.25, -0.2) is 9.97 Å². The number of benzene rings is 1. The van der Waals surface area contributed by atoms with Crippen molar-refractivity contribution in [2.24, 2.45) is 5.92 Å². The van der Waals surface area contributed by atoms with Gasteiger partial charge in [-0.2, -0.15) is 0 Å². The molecule has 26 heavy (non-hydrogen) atoms. The summed E-state index contributed by atoms with van der Waals surface area (Å²) in [5.74, 6) is 8.57. The largest absolute Gasteiger partial charge is 0.229 e. The highest BCUT2D eigenvalue weighted by Crippen LogP contribution is 2.37. The van der Waals surface area contributed by atoms with E-state index in [2.05, 4.69) is 59.9 Å².